The largest absolute Gasteiger partial charge is 0.480 e. The molecule has 5 rings (SSSR count). The first kappa shape index (κ1) is 16.6. The van der Waals surface area contributed by atoms with Crippen molar-refractivity contribution >= 4 is 33.3 Å². The van der Waals surface area contributed by atoms with Gasteiger partial charge in [0.15, 0.2) is 5.82 Å². The minimum absolute atomic E-state index is 0.510. The van der Waals surface area contributed by atoms with E-state index in [4.69, 9.17) is 9.97 Å². The Labute approximate surface area is 160 Å². The van der Waals surface area contributed by atoms with E-state index in [1.54, 1.807) is 23.7 Å². The number of anilines is 1. The molecule has 0 spiro atoms. The lowest BCUT2D eigenvalue weighted by molar-refractivity contribution is -0.138. The number of nitrogens with zero attached hydrogens (tertiary/aromatic N) is 4. The highest BCUT2D eigenvalue weighted by Crippen LogP contribution is 2.42. The summed E-state index contributed by atoms with van der Waals surface area (Å²) in [4.78, 5) is 30.1. The van der Waals surface area contributed by atoms with Gasteiger partial charge in [0.2, 0.25) is 0 Å². The lowest BCUT2D eigenvalue weighted by atomic mass is 9.96. The molecule has 1 atom stereocenters. The molecule has 3 aromatic rings. The van der Waals surface area contributed by atoms with Crippen LogP contribution in [-0.4, -0.2) is 38.6 Å². The third-order valence-corrected chi connectivity index (χ3v) is 6.71. The molecule has 1 aliphatic heterocycles. The van der Waals surface area contributed by atoms with Crippen molar-refractivity contribution in [1.82, 2.24) is 15.0 Å². The van der Waals surface area contributed by atoms with Gasteiger partial charge in [-0.3, -0.25) is 4.98 Å². The highest BCUT2D eigenvalue weighted by Gasteiger charge is 2.34. The fraction of sp³-hybridized carbons (Fsp3) is 0.400. The molecule has 0 saturated carbocycles. The number of rotatable bonds is 3. The maximum absolute atomic E-state index is 11.8. The second-order valence-electron chi connectivity index (χ2n) is 7.19. The molecule has 0 aromatic carbocycles. The molecule has 1 fully saturated rings. The van der Waals surface area contributed by atoms with Crippen molar-refractivity contribution in [3.05, 3.63) is 35.0 Å². The van der Waals surface area contributed by atoms with Crippen LogP contribution in [0.1, 0.15) is 36.1 Å². The minimum Gasteiger partial charge on any atom is -0.480 e. The zero-order chi connectivity index (χ0) is 18.4. The quantitative estimate of drug-likeness (QED) is 0.747. The summed E-state index contributed by atoms with van der Waals surface area (Å²) < 4.78 is 0. The molecule has 6 nitrogen and oxygen atoms in total. The first-order valence-electron chi connectivity index (χ1n) is 9.44. The van der Waals surface area contributed by atoms with Crippen molar-refractivity contribution in [2.75, 3.05) is 11.4 Å². The normalized spacial score (nSPS) is 19.4. The highest BCUT2D eigenvalue weighted by molar-refractivity contribution is 7.19. The Morgan fingerprint density at radius 3 is 2.93 bits per heavy atom. The maximum atomic E-state index is 11.8. The summed E-state index contributed by atoms with van der Waals surface area (Å²) >= 11 is 1.75. The third kappa shape index (κ3) is 2.77. The summed E-state index contributed by atoms with van der Waals surface area (Å²) in [6.45, 7) is 0.722. The van der Waals surface area contributed by atoms with Crippen molar-refractivity contribution in [3.8, 4) is 11.4 Å². The van der Waals surface area contributed by atoms with Gasteiger partial charge in [-0.05, 0) is 56.2 Å². The van der Waals surface area contributed by atoms with E-state index >= 15 is 0 Å². The standard InChI is InChI=1S/C20H20N4O2S/c25-20(26)14-7-4-10-24(14)18-16-13-6-1-2-8-15(13)27-19(16)23-17(22-18)12-5-3-9-21-11-12/h3,5,9,11,14H,1-2,4,6-8,10H2,(H,25,26). The molecule has 0 radical (unpaired) electrons. The number of carboxylic acid groups (broad SMARTS) is 1. The molecule has 1 unspecified atom stereocenters. The van der Waals surface area contributed by atoms with Gasteiger partial charge in [0, 0.05) is 29.4 Å². The average molecular weight is 380 g/mol. The first-order valence-corrected chi connectivity index (χ1v) is 10.3. The van der Waals surface area contributed by atoms with Crippen molar-refractivity contribution in [3.63, 3.8) is 0 Å². The summed E-state index contributed by atoms with van der Waals surface area (Å²) in [5.41, 5.74) is 2.20. The monoisotopic (exact) mass is 380 g/mol. The summed E-state index contributed by atoms with van der Waals surface area (Å²) in [6, 6.07) is 3.31. The average Bonchev–Trinajstić information content (AvgIpc) is 3.32. The number of hydrogen-bond acceptors (Lipinski definition) is 6. The summed E-state index contributed by atoms with van der Waals surface area (Å²) in [5.74, 6) is 0.648. The zero-order valence-corrected chi connectivity index (χ0v) is 15.7. The third-order valence-electron chi connectivity index (χ3n) is 5.53. The van der Waals surface area contributed by atoms with Gasteiger partial charge in [-0.15, -0.1) is 11.3 Å². The fourth-order valence-corrected chi connectivity index (χ4v) is 5.50. The number of aromatic nitrogens is 3. The van der Waals surface area contributed by atoms with Gasteiger partial charge < -0.3 is 10.0 Å². The Morgan fingerprint density at radius 2 is 2.11 bits per heavy atom. The number of hydrogen-bond donors (Lipinski definition) is 1. The van der Waals surface area contributed by atoms with Crippen LogP contribution in [0.5, 0.6) is 0 Å². The number of aliphatic carboxylic acids is 1. The summed E-state index contributed by atoms with van der Waals surface area (Å²) in [7, 11) is 0. The highest BCUT2D eigenvalue weighted by atomic mass is 32.1. The van der Waals surface area contributed by atoms with Crippen LogP contribution in [0.2, 0.25) is 0 Å². The van der Waals surface area contributed by atoms with Crippen molar-refractivity contribution in [2.24, 2.45) is 0 Å². The lowest BCUT2D eigenvalue weighted by Crippen LogP contribution is -2.36. The van der Waals surface area contributed by atoms with Crippen LogP contribution in [0, 0.1) is 0 Å². The Balaban J connectivity index is 1.75. The number of fused-ring (bicyclic) bond motifs is 3. The minimum atomic E-state index is -0.772. The Kier molecular flexibility index (Phi) is 4.04. The van der Waals surface area contributed by atoms with Gasteiger partial charge in [-0.1, -0.05) is 0 Å². The number of carboxylic acids is 1. The topological polar surface area (TPSA) is 79.2 Å². The number of thiophene rings is 1. The second kappa shape index (κ2) is 6.56. The van der Waals surface area contributed by atoms with Crippen LogP contribution in [0.15, 0.2) is 24.5 Å². The number of aryl methyl sites for hydroxylation is 2. The molecule has 0 amide bonds. The van der Waals surface area contributed by atoms with Gasteiger partial charge in [-0.25, -0.2) is 14.8 Å². The van der Waals surface area contributed by atoms with E-state index < -0.39 is 12.0 Å². The molecule has 0 bridgehead atoms. The summed E-state index contributed by atoms with van der Waals surface area (Å²) in [6.07, 6.45) is 9.52. The Bertz CT molecular complexity index is 1020. The van der Waals surface area contributed by atoms with Gasteiger partial charge in [0.1, 0.15) is 16.7 Å². The molecule has 1 saturated heterocycles. The molecule has 27 heavy (non-hydrogen) atoms. The molecule has 1 N–H and O–H groups in total. The molecule has 4 heterocycles. The number of carbonyl (C=O) groups is 1. The molecule has 3 aromatic heterocycles. The van der Waals surface area contributed by atoms with Gasteiger partial charge in [0.25, 0.3) is 0 Å². The Morgan fingerprint density at radius 1 is 1.22 bits per heavy atom. The van der Waals surface area contributed by atoms with Crippen molar-refractivity contribution in [2.45, 2.75) is 44.6 Å². The van der Waals surface area contributed by atoms with Crippen LogP contribution >= 0.6 is 11.3 Å². The fourth-order valence-electron chi connectivity index (χ4n) is 4.25. The van der Waals surface area contributed by atoms with Gasteiger partial charge in [-0.2, -0.15) is 0 Å². The van der Waals surface area contributed by atoms with E-state index in [0.29, 0.717) is 12.2 Å². The van der Waals surface area contributed by atoms with Crippen molar-refractivity contribution < 1.29 is 9.90 Å². The SMILES string of the molecule is O=C(O)C1CCCN1c1nc(-c2cccnc2)nc2sc3c(c12)CCCC3. The predicted molar refractivity (Wildman–Crippen MR) is 105 cm³/mol. The summed E-state index contributed by atoms with van der Waals surface area (Å²) in [5, 5.41) is 10.8. The van der Waals surface area contributed by atoms with Crippen LogP contribution in [0.4, 0.5) is 5.82 Å². The molecular formula is C20H20N4O2S. The van der Waals surface area contributed by atoms with E-state index in [-0.39, 0.29) is 0 Å². The van der Waals surface area contributed by atoms with E-state index in [9.17, 15) is 9.90 Å². The zero-order valence-electron chi connectivity index (χ0n) is 14.9. The van der Waals surface area contributed by atoms with Gasteiger partial charge in [0.05, 0.1) is 5.39 Å². The molecular weight excluding hydrogens is 360 g/mol. The van der Waals surface area contributed by atoms with Crippen molar-refractivity contribution in [1.29, 1.82) is 0 Å². The van der Waals surface area contributed by atoms with E-state index in [1.807, 2.05) is 17.0 Å². The van der Waals surface area contributed by atoms with Crippen LogP contribution in [0.25, 0.3) is 21.6 Å². The molecule has 7 heteroatoms. The van der Waals surface area contributed by atoms with Crippen LogP contribution in [-0.2, 0) is 17.6 Å². The second-order valence-corrected chi connectivity index (χ2v) is 8.28. The van der Waals surface area contributed by atoms with E-state index in [0.717, 1.165) is 47.4 Å². The maximum Gasteiger partial charge on any atom is 0.326 e. The smallest absolute Gasteiger partial charge is 0.326 e. The van der Waals surface area contributed by atoms with Crippen LogP contribution < -0.4 is 4.90 Å². The molecule has 138 valence electrons. The first-order chi connectivity index (χ1) is 13.2. The number of pyridine rings is 1. The van der Waals surface area contributed by atoms with Gasteiger partial charge >= 0.3 is 5.97 Å². The van der Waals surface area contributed by atoms with E-state index in [2.05, 4.69) is 4.98 Å². The Hall–Kier alpha value is -2.54. The predicted octanol–water partition coefficient (Wildman–Crippen LogP) is 3.69. The molecule has 1 aliphatic carbocycles. The lowest BCUT2D eigenvalue weighted by Gasteiger charge is -2.24. The van der Waals surface area contributed by atoms with Crippen LogP contribution in [0.3, 0.4) is 0 Å². The molecule has 2 aliphatic rings. The van der Waals surface area contributed by atoms with E-state index in [1.165, 1.54) is 23.3 Å².